The molecule has 0 aromatic rings. The van der Waals surface area contributed by atoms with Crippen molar-refractivity contribution in [3.05, 3.63) is 12.5 Å². The predicted octanol–water partition coefficient (Wildman–Crippen LogP) is 0.990. The monoisotopic (exact) mass is 149 g/mol. The number of alkyl halides is 1. The minimum atomic E-state index is -1.12. The van der Waals surface area contributed by atoms with Crippen LogP contribution in [0.4, 0.5) is 4.79 Å². The summed E-state index contributed by atoms with van der Waals surface area (Å²) in [4.78, 5) is 11.0. The number of carbonyl (C=O) groups is 1. The van der Waals surface area contributed by atoms with Gasteiger partial charge in [-0.3, -0.25) is 0 Å². The smallest absolute Gasteiger partial charge is 0.415 e. The largest absolute Gasteiger partial charge is 0.465 e. The van der Waals surface area contributed by atoms with Gasteiger partial charge in [-0.25, -0.2) is 9.69 Å². The van der Waals surface area contributed by atoms with Crippen molar-refractivity contribution in [2.45, 2.75) is 5.69 Å². The third kappa shape index (κ3) is 1.08. The van der Waals surface area contributed by atoms with Crippen LogP contribution in [0.5, 0.6) is 0 Å². The summed E-state index contributed by atoms with van der Waals surface area (Å²) in [5.41, 5.74) is -0.900. The Hall–Kier alpha value is -0.900. The highest BCUT2D eigenvalue weighted by Crippen LogP contribution is 2.13. The first-order valence-electron chi connectivity index (χ1n) is 2.19. The molecule has 1 heterocycles. The first-order chi connectivity index (χ1) is 4.22. The maximum atomic E-state index is 10.1. The number of rotatable bonds is 0. The van der Waals surface area contributed by atoms with Crippen molar-refractivity contribution in [1.29, 1.82) is 0 Å². The lowest BCUT2D eigenvalue weighted by Gasteiger charge is -2.11. The Morgan fingerprint density at radius 2 is 2.56 bits per heavy atom. The lowest BCUT2D eigenvalue weighted by atomic mass is 10.8. The molecule has 1 unspecified atom stereocenters. The predicted molar refractivity (Wildman–Crippen MR) is 29.7 cm³/mol. The molecule has 0 spiro atoms. The topological polar surface area (TPSA) is 49.8 Å². The zero-order valence-electron chi connectivity index (χ0n) is 4.32. The summed E-state index contributed by atoms with van der Waals surface area (Å²) in [6.07, 6.45) is 1.36. The molecule has 0 bridgehead atoms. The van der Waals surface area contributed by atoms with Crippen LogP contribution >= 0.6 is 11.6 Å². The highest BCUT2D eigenvalue weighted by molar-refractivity contribution is 6.20. The van der Waals surface area contributed by atoms with Crippen LogP contribution < -0.4 is 0 Å². The number of amides is 1. The van der Waals surface area contributed by atoms with Crippen LogP contribution in [-0.2, 0) is 4.74 Å². The summed E-state index contributed by atoms with van der Waals surface area (Å²) in [6, 6.07) is 0. The fourth-order valence-corrected chi connectivity index (χ4v) is 0.657. The van der Waals surface area contributed by atoms with Gasteiger partial charge in [-0.15, -0.1) is 0 Å². The molecule has 0 aromatic carbocycles. The van der Waals surface area contributed by atoms with Crippen molar-refractivity contribution in [3.8, 4) is 0 Å². The maximum absolute atomic E-state index is 10.1. The van der Waals surface area contributed by atoms with Gasteiger partial charge in [0.2, 0.25) is 0 Å². The SMILES string of the molecule is O=C(O)N1C=COC1Cl. The molecule has 0 saturated carbocycles. The van der Waals surface area contributed by atoms with Gasteiger partial charge < -0.3 is 9.84 Å². The van der Waals surface area contributed by atoms with Crippen LogP contribution in [-0.4, -0.2) is 21.8 Å². The molecule has 1 amide bonds. The third-order valence-corrected chi connectivity index (χ3v) is 1.17. The van der Waals surface area contributed by atoms with E-state index in [4.69, 9.17) is 16.7 Å². The average Bonchev–Trinajstić information content (AvgIpc) is 2.13. The molecule has 1 aliphatic heterocycles. The number of hydrogen-bond acceptors (Lipinski definition) is 2. The molecule has 0 aliphatic carbocycles. The maximum Gasteiger partial charge on any atom is 0.415 e. The van der Waals surface area contributed by atoms with E-state index in [1.54, 1.807) is 0 Å². The van der Waals surface area contributed by atoms with E-state index < -0.39 is 11.8 Å². The van der Waals surface area contributed by atoms with Crippen molar-refractivity contribution in [3.63, 3.8) is 0 Å². The normalized spacial score (nSPS) is 24.1. The van der Waals surface area contributed by atoms with Gasteiger partial charge >= 0.3 is 6.09 Å². The van der Waals surface area contributed by atoms with Crippen molar-refractivity contribution >= 4 is 17.7 Å². The number of carboxylic acid groups (broad SMARTS) is 1. The van der Waals surface area contributed by atoms with E-state index in [2.05, 4.69) is 4.74 Å². The molecule has 0 saturated heterocycles. The van der Waals surface area contributed by atoms with E-state index in [0.29, 0.717) is 0 Å². The second-order valence-electron chi connectivity index (χ2n) is 1.40. The minimum Gasteiger partial charge on any atom is -0.465 e. The molecule has 50 valence electrons. The van der Waals surface area contributed by atoms with Crippen molar-refractivity contribution in [2.75, 3.05) is 0 Å². The molecule has 9 heavy (non-hydrogen) atoms. The zero-order valence-corrected chi connectivity index (χ0v) is 5.08. The molecule has 0 fully saturated rings. The molecular weight excluding hydrogens is 146 g/mol. The number of ether oxygens (including phenoxy) is 1. The van der Waals surface area contributed by atoms with Crippen molar-refractivity contribution < 1.29 is 14.6 Å². The molecule has 4 nitrogen and oxygen atoms in total. The summed E-state index contributed by atoms with van der Waals surface area (Å²) in [5, 5.41) is 8.29. The van der Waals surface area contributed by atoms with E-state index in [0.717, 1.165) is 4.90 Å². The molecule has 1 atom stereocenters. The van der Waals surface area contributed by atoms with Crippen LogP contribution in [0.2, 0.25) is 0 Å². The summed E-state index contributed by atoms with van der Waals surface area (Å²) in [6.45, 7) is 0. The molecule has 1 rings (SSSR count). The summed E-state index contributed by atoms with van der Waals surface area (Å²) < 4.78 is 4.56. The quantitative estimate of drug-likeness (QED) is 0.413. The molecular formula is C4H4ClNO3. The van der Waals surface area contributed by atoms with Crippen LogP contribution in [0.3, 0.4) is 0 Å². The van der Waals surface area contributed by atoms with Gasteiger partial charge in [0.25, 0.3) is 5.69 Å². The number of nitrogens with zero attached hydrogens (tertiary/aromatic N) is 1. The Morgan fingerprint density at radius 3 is 2.78 bits per heavy atom. The van der Waals surface area contributed by atoms with Crippen molar-refractivity contribution in [2.24, 2.45) is 0 Å². The molecule has 5 heteroatoms. The van der Waals surface area contributed by atoms with E-state index in [9.17, 15) is 4.79 Å². The second-order valence-corrected chi connectivity index (χ2v) is 1.78. The fourth-order valence-electron chi connectivity index (χ4n) is 0.449. The zero-order chi connectivity index (χ0) is 6.85. The summed E-state index contributed by atoms with van der Waals surface area (Å²) in [7, 11) is 0. The lowest BCUT2D eigenvalue weighted by Crippen LogP contribution is -2.27. The van der Waals surface area contributed by atoms with E-state index in [1.807, 2.05) is 0 Å². The first kappa shape index (κ1) is 6.22. The van der Waals surface area contributed by atoms with Crippen LogP contribution in [0.25, 0.3) is 0 Å². The Bertz CT molecular complexity index is 158. The number of halogens is 1. The van der Waals surface area contributed by atoms with Crippen LogP contribution in [0, 0.1) is 0 Å². The summed E-state index contributed by atoms with van der Waals surface area (Å²) >= 11 is 5.33. The fraction of sp³-hybridized carbons (Fsp3) is 0.250. The van der Waals surface area contributed by atoms with Crippen LogP contribution in [0.1, 0.15) is 0 Å². The molecule has 0 aromatic heterocycles. The average molecular weight is 150 g/mol. The van der Waals surface area contributed by atoms with Crippen LogP contribution in [0.15, 0.2) is 12.5 Å². The van der Waals surface area contributed by atoms with Gasteiger partial charge in [-0.05, 0) is 0 Å². The lowest BCUT2D eigenvalue weighted by molar-refractivity contribution is 0.107. The van der Waals surface area contributed by atoms with Gasteiger partial charge in [0.1, 0.15) is 6.26 Å². The van der Waals surface area contributed by atoms with E-state index in [-0.39, 0.29) is 0 Å². The minimum absolute atomic E-state index is 0.849. The molecule has 1 aliphatic rings. The summed E-state index contributed by atoms with van der Waals surface area (Å²) in [5.74, 6) is 0. The molecule has 0 radical (unpaired) electrons. The Balaban J connectivity index is 2.59. The highest BCUT2D eigenvalue weighted by atomic mass is 35.5. The van der Waals surface area contributed by atoms with Gasteiger partial charge in [0, 0.05) is 6.20 Å². The van der Waals surface area contributed by atoms with Gasteiger partial charge in [0.15, 0.2) is 0 Å². The van der Waals surface area contributed by atoms with E-state index in [1.165, 1.54) is 12.5 Å². The Kier molecular flexibility index (Phi) is 1.48. The van der Waals surface area contributed by atoms with Gasteiger partial charge in [0.05, 0.1) is 0 Å². The standard InChI is InChI=1S/C4H4ClNO3/c5-3-6(4(7)8)1-2-9-3/h1-3H,(H,7,8). The molecule has 1 N–H and O–H groups in total. The number of hydrogen-bond donors (Lipinski definition) is 1. The van der Waals surface area contributed by atoms with E-state index >= 15 is 0 Å². The third-order valence-electron chi connectivity index (χ3n) is 0.852. The van der Waals surface area contributed by atoms with Gasteiger partial charge in [-0.1, -0.05) is 11.6 Å². The first-order valence-corrected chi connectivity index (χ1v) is 2.63. The van der Waals surface area contributed by atoms with Gasteiger partial charge in [-0.2, -0.15) is 0 Å². The Morgan fingerprint density at radius 1 is 1.89 bits per heavy atom. The Labute approximate surface area is 56.3 Å². The highest BCUT2D eigenvalue weighted by Gasteiger charge is 2.22. The second kappa shape index (κ2) is 2.14. The van der Waals surface area contributed by atoms with Crippen molar-refractivity contribution in [1.82, 2.24) is 4.90 Å².